The highest BCUT2D eigenvalue weighted by Crippen LogP contribution is 2.30. The minimum Gasteiger partial charge on any atom is -0.313 e. The number of hydrazine groups is 1. The van der Waals surface area contributed by atoms with Crippen LogP contribution in [0.15, 0.2) is 90.9 Å². The van der Waals surface area contributed by atoms with Crippen molar-refractivity contribution in [2.24, 2.45) is 0 Å². The second-order valence-corrected chi connectivity index (χ2v) is 6.12. The summed E-state index contributed by atoms with van der Waals surface area (Å²) in [6, 6.07) is 16.8. The van der Waals surface area contributed by atoms with Crippen molar-refractivity contribution in [3.63, 3.8) is 0 Å². The van der Waals surface area contributed by atoms with Crippen molar-refractivity contribution in [1.29, 1.82) is 0 Å². The Morgan fingerprint density at radius 1 is 1.15 bits per heavy atom. The fourth-order valence-corrected chi connectivity index (χ4v) is 2.81. The van der Waals surface area contributed by atoms with Gasteiger partial charge in [0.05, 0.1) is 27.6 Å². The average Bonchev–Trinajstić information content (AvgIpc) is 2.94. The van der Waals surface area contributed by atoms with Crippen LogP contribution in [0.3, 0.4) is 0 Å². The van der Waals surface area contributed by atoms with Crippen LogP contribution in [0, 0.1) is 10.1 Å². The molecule has 0 bridgehead atoms. The van der Waals surface area contributed by atoms with E-state index in [0.717, 1.165) is 22.7 Å². The number of rotatable bonds is 5. The first kappa shape index (κ1) is 17.4. The molecule has 1 atom stereocenters. The lowest BCUT2D eigenvalue weighted by molar-refractivity contribution is -0.630. The fraction of sp³-hybridized carbons (Fsp3) is 0.100. The molecule has 3 rings (SSSR count). The third-order valence-electron chi connectivity index (χ3n) is 4.35. The van der Waals surface area contributed by atoms with Crippen LogP contribution in [0.1, 0.15) is 18.5 Å². The minimum atomic E-state index is -0.416. The molecule has 0 saturated carbocycles. The smallest absolute Gasteiger partial charge is 0.269 e. The standard InChI is InChI=1S/C20H20N4O2/c1-14(17-7-5-4-6-8-17)21-13-20-15(2)22-23(16(20)3)18-9-11-19(12-10-18)24(25)26/h4-14,21-22H,2-3H2,1H3/p+1/b20-13+/t14-/m1/s1. The number of hydrogen-bond acceptors (Lipinski definition) is 4. The fourth-order valence-electron chi connectivity index (χ4n) is 2.81. The molecule has 1 aliphatic rings. The van der Waals surface area contributed by atoms with Gasteiger partial charge in [-0.05, 0) is 19.1 Å². The Kier molecular flexibility index (Phi) is 4.86. The molecular weight excluding hydrogens is 328 g/mol. The van der Waals surface area contributed by atoms with Gasteiger partial charge in [-0.15, -0.1) is 0 Å². The molecule has 0 aromatic heterocycles. The maximum Gasteiger partial charge on any atom is 0.269 e. The van der Waals surface area contributed by atoms with Crippen molar-refractivity contribution in [1.82, 2.24) is 5.43 Å². The number of non-ortho nitro benzene ring substituents is 1. The zero-order valence-corrected chi connectivity index (χ0v) is 14.6. The molecule has 6 heteroatoms. The van der Waals surface area contributed by atoms with E-state index in [4.69, 9.17) is 0 Å². The molecule has 26 heavy (non-hydrogen) atoms. The first-order valence-electron chi connectivity index (χ1n) is 8.27. The summed E-state index contributed by atoms with van der Waals surface area (Å²) in [5.74, 6) is 0. The summed E-state index contributed by atoms with van der Waals surface area (Å²) in [6.45, 7) is 10.3. The molecule has 1 fully saturated rings. The second-order valence-electron chi connectivity index (χ2n) is 6.12. The maximum absolute atomic E-state index is 10.8. The van der Waals surface area contributed by atoms with Gasteiger partial charge in [-0.25, -0.2) is 0 Å². The van der Waals surface area contributed by atoms with Crippen LogP contribution >= 0.6 is 0 Å². The van der Waals surface area contributed by atoms with E-state index in [2.05, 4.69) is 43.0 Å². The molecule has 1 heterocycles. The van der Waals surface area contributed by atoms with Gasteiger partial charge in [-0.1, -0.05) is 43.5 Å². The highest BCUT2D eigenvalue weighted by Gasteiger charge is 2.26. The maximum atomic E-state index is 10.8. The van der Waals surface area contributed by atoms with Gasteiger partial charge in [0.2, 0.25) is 0 Å². The predicted octanol–water partition coefficient (Wildman–Crippen LogP) is 3.16. The van der Waals surface area contributed by atoms with Crippen molar-refractivity contribution >= 4 is 11.4 Å². The molecule has 1 aliphatic heterocycles. The lowest BCUT2D eigenvalue weighted by Gasteiger charge is -2.18. The monoisotopic (exact) mass is 349 g/mol. The van der Waals surface area contributed by atoms with Crippen LogP contribution in [0.25, 0.3) is 0 Å². The van der Waals surface area contributed by atoms with Gasteiger partial charge >= 0.3 is 0 Å². The molecule has 0 unspecified atom stereocenters. The van der Waals surface area contributed by atoms with Gasteiger partial charge in [-0.2, -0.15) is 0 Å². The zero-order valence-electron chi connectivity index (χ0n) is 14.6. The Labute approximate surface area is 152 Å². The highest BCUT2D eigenvalue weighted by atomic mass is 16.6. The summed E-state index contributed by atoms with van der Waals surface area (Å²) in [5.41, 5.74) is 7.62. The van der Waals surface area contributed by atoms with Crippen LogP contribution in [0.4, 0.5) is 11.4 Å². The zero-order chi connectivity index (χ0) is 18.7. The summed E-state index contributed by atoms with van der Waals surface area (Å²) in [6.07, 6.45) is 2.01. The Bertz CT molecular complexity index is 872. The van der Waals surface area contributed by atoms with Crippen molar-refractivity contribution in [3.05, 3.63) is 107 Å². The third-order valence-corrected chi connectivity index (χ3v) is 4.35. The van der Waals surface area contributed by atoms with E-state index in [1.54, 1.807) is 17.1 Å². The number of nitrogens with zero attached hydrogens (tertiary/aromatic N) is 2. The van der Waals surface area contributed by atoms with E-state index in [9.17, 15) is 10.1 Å². The van der Waals surface area contributed by atoms with Gasteiger partial charge in [0.25, 0.3) is 5.69 Å². The second kappa shape index (κ2) is 7.25. The van der Waals surface area contributed by atoms with Crippen LogP contribution in [-0.4, -0.2) is 4.92 Å². The number of nitrogens with two attached hydrogens (primary N) is 1. The predicted molar refractivity (Wildman–Crippen MR) is 102 cm³/mol. The average molecular weight is 349 g/mol. The molecule has 1 saturated heterocycles. The van der Waals surface area contributed by atoms with E-state index in [-0.39, 0.29) is 11.7 Å². The summed E-state index contributed by atoms with van der Waals surface area (Å²) in [7, 11) is 0. The minimum absolute atomic E-state index is 0.0539. The number of nitrogens with one attached hydrogen (secondary N) is 1. The number of benzene rings is 2. The third kappa shape index (κ3) is 3.50. The van der Waals surface area contributed by atoms with Crippen LogP contribution in [0.5, 0.6) is 0 Å². The SMILES string of the molecule is C=C1NN(c2ccc([N+](=O)[O-])cc2)C(=C)/C1=C/[NH2+][C@H](C)c1ccccc1. The van der Waals surface area contributed by atoms with Crippen LogP contribution in [0.2, 0.25) is 0 Å². The van der Waals surface area contributed by atoms with E-state index >= 15 is 0 Å². The van der Waals surface area contributed by atoms with Gasteiger partial charge < -0.3 is 5.32 Å². The molecule has 0 aliphatic carbocycles. The van der Waals surface area contributed by atoms with Crippen LogP contribution < -0.4 is 15.8 Å². The Morgan fingerprint density at radius 2 is 1.81 bits per heavy atom. The first-order chi connectivity index (χ1) is 12.5. The largest absolute Gasteiger partial charge is 0.313 e. The summed E-state index contributed by atoms with van der Waals surface area (Å²) in [4.78, 5) is 10.4. The topological polar surface area (TPSA) is 75.0 Å². The molecule has 2 aromatic carbocycles. The summed E-state index contributed by atoms with van der Waals surface area (Å²) < 4.78 is 0. The Balaban J connectivity index is 1.75. The van der Waals surface area contributed by atoms with Gasteiger partial charge in [-0.3, -0.25) is 20.5 Å². The quantitative estimate of drug-likeness (QED) is 0.642. The lowest BCUT2D eigenvalue weighted by Crippen LogP contribution is -2.78. The summed E-state index contributed by atoms with van der Waals surface area (Å²) in [5, 5.41) is 14.7. The van der Waals surface area contributed by atoms with Crippen molar-refractivity contribution < 1.29 is 10.2 Å². The number of quaternary nitrogens is 1. The molecule has 0 spiro atoms. The molecular formula is C20H21N4O2+. The van der Waals surface area contributed by atoms with E-state index in [0.29, 0.717) is 0 Å². The molecule has 3 N–H and O–H groups in total. The lowest BCUT2D eigenvalue weighted by atomic mass is 10.1. The number of nitro benzene ring substituents is 1. The van der Waals surface area contributed by atoms with Crippen molar-refractivity contribution in [2.75, 3.05) is 5.01 Å². The van der Waals surface area contributed by atoms with Gasteiger partial charge in [0, 0.05) is 17.7 Å². The molecule has 0 radical (unpaired) electrons. The molecule has 2 aromatic rings. The first-order valence-corrected chi connectivity index (χ1v) is 8.27. The molecule has 0 amide bonds. The number of nitro groups is 1. The number of anilines is 1. The van der Waals surface area contributed by atoms with Gasteiger partial charge in [0.15, 0.2) is 0 Å². The van der Waals surface area contributed by atoms with Crippen molar-refractivity contribution in [2.45, 2.75) is 13.0 Å². The highest BCUT2D eigenvalue weighted by molar-refractivity contribution is 5.64. The summed E-state index contributed by atoms with van der Waals surface area (Å²) >= 11 is 0. The van der Waals surface area contributed by atoms with E-state index in [1.165, 1.54) is 17.7 Å². The number of hydrogen-bond donors (Lipinski definition) is 2. The molecule has 132 valence electrons. The van der Waals surface area contributed by atoms with E-state index < -0.39 is 4.92 Å². The normalized spacial score (nSPS) is 16.7. The molecule has 6 nitrogen and oxygen atoms in total. The van der Waals surface area contributed by atoms with Crippen LogP contribution in [-0.2, 0) is 0 Å². The van der Waals surface area contributed by atoms with Gasteiger partial charge in [0.1, 0.15) is 12.2 Å². The van der Waals surface area contributed by atoms with Crippen molar-refractivity contribution in [3.8, 4) is 0 Å². The van der Waals surface area contributed by atoms with E-state index in [1.807, 2.05) is 24.4 Å². The Hall–Kier alpha value is -3.38. The Morgan fingerprint density at radius 3 is 2.42 bits per heavy atom.